The molecule has 0 amide bonds. The maximum Gasteiger partial charge on any atom is 0.416 e. The number of aromatic amines is 1. The highest BCUT2D eigenvalue weighted by Crippen LogP contribution is 2.33. The molecule has 3 aromatic rings. The molecule has 1 N–H and O–H groups in total. The van der Waals surface area contributed by atoms with Crippen LogP contribution >= 0.6 is 15.9 Å². The van der Waals surface area contributed by atoms with E-state index in [0.29, 0.717) is 21.7 Å². The quantitative estimate of drug-likeness (QED) is 0.647. The van der Waals surface area contributed by atoms with Gasteiger partial charge < -0.3 is 4.98 Å². The van der Waals surface area contributed by atoms with E-state index in [2.05, 4.69) is 30.9 Å². The second-order valence-corrected chi connectivity index (χ2v) is 5.22. The van der Waals surface area contributed by atoms with Crippen molar-refractivity contribution in [2.75, 3.05) is 0 Å². The molecule has 0 spiro atoms. The molecule has 0 radical (unpaired) electrons. The lowest BCUT2D eigenvalue weighted by Gasteiger charge is -2.08. The molecule has 2 aromatic heterocycles. The molecule has 0 aliphatic heterocycles. The lowest BCUT2D eigenvalue weighted by molar-refractivity contribution is -0.137. The highest BCUT2D eigenvalue weighted by Gasteiger charge is 2.31. The van der Waals surface area contributed by atoms with Crippen molar-refractivity contribution in [3.05, 3.63) is 46.3 Å². The summed E-state index contributed by atoms with van der Waals surface area (Å²) >= 11 is 3.22. The van der Waals surface area contributed by atoms with Gasteiger partial charge in [-0.3, -0.25) is 0 Å². The van der Waals surface area contributed by atoms with Gasteiger partial charge in [-0.15, -0.1) is 0 Å². The Kier molecular flexibility index (Phi) is 3.20. The minimum absolute atomic E-state index is 0.000741. The first-order chi connectivity index (χ1) is 9.84. The standard InChI is InChI=1S/C13H6BrF4N3/c14-7-4-10-12(19-5-7)21-11(20-10)8-3-6(13(16,17)18)1-2-9(8)15/h1-5H,(H,19,20,21). The number of alkyl halides is 3. The Hall–Kier alpha value is -1.96. The zero-order valence-electron chi connectivity index (χ0n) is 10.2. The van der Waals surface area contributed by atoms with Gasteiger partial charge in [0.2, 0.25) is 0 Å². The van der Waals surface area contributed by atoms with E-state index in [0.717, 1.165) is 12.1 Å². The molecule has 0 saturated carbocycles. The first-order valence-corrected chi connectivity index (χ1v) is 6.52. The molecule has 0 saturated heterocycles. The summed E-state index contributed by atoms with van der Waals surface area (Å²) in [6.45, 7) is 0. The predicted octanol–water partition coefficient (Wildman–Crippen LogP) is 4.55. The van der Waals surface area contributed by atoms with Crippen LogP contribution in [0.15, 0.2) is 34.9 Å². The zero-order valence-corrected chi connectivity index (χ0v) is 11.8. The van der Waals surface area contributed by atoms with Crippen LogP contribution in [0.2, 0.25) is 0 Å². The summed E-state index contributed by atoms with van der Waals surface area (Å²) in [4.78, 5) is 10.8. The molecule has 0 aliphatic rings. The molecule has 3 rings (SSSR count). The summed E-state index contributed by atoms with van der Waals surface area (Å²) < 4.78 is 52.6. The third-order valence-electron chi connectivity index (χ3n) is 2.85. The molecule has 2 heterocycles. The Morgan fingerprint density at radius 2 is 1.90 bits per heavy atom. The van der Waals surface area contributed by atoms with E-state index in [1.165, 1.54) is 6.20 Å². The number of hydrogen-bond acceptors (Lipinski definition) is 2. The molecule has 0 aliphatic carbocycles. The zero-order chi connectivity index (χ0) is 15.2. The van der Waals surface area contributed by atoms with Crippen LogP contribution < -0.4 is 0 Å². The minimum Gasteiger partial charge on any atom is -0.336 e. The maximum atomic E-state index is 13.8. The second kappa shape index (κ2) is 4.80. The lowest BCUT2D eigenvalue weighted by atomic mass is 10.1. The summed E-state index contributed by atoms with van der Waals surface area (Å²) in [5.74, 6) is -0.791. The largest absolute Gasteiger partial charge is 0.416 e. The number of benzene rings is 1. The first kappa shape index (κ1) is 14.0. The number of rotatable bonds is 1. The van der Waals surface area contributed by atoms with Gasteiger partial charge in [0.15, 0.2) is 5.65 Å². The SMILES string of the molecule is Fc1ccc(C(F)(F)F)cc1-c1nc2ncc(Br)cc2[nH]1. The second-order valence-electron chi connectivity index (χ2n) is 4.30. The lowest BCUT2D eigenvalue weighted by Crippen LogP contribution is -2.05. The van der Waals surface area contributed by atoms with Gasteiger partial charge in [-0.25, -0.2) is 14.4 Å². The van der Waals surface area contributed by atoms with Crippen LogP contribution in [0.1, 0.15) is 5.56 Å². The third kappa shape index (κ3) is 2.63. The molecule has 1 aromatic carbocycles. The van der Waals surface area contributed by atoms with Gasteiger partial charge >= 0.3 is 6.18 Å². The minimum atomic E-state index is -4.55. The summed E-state index contributed by atoms with van der Waals surface area (Å²) in [6.07, 6.45) is -3.05. The number of nitrogens with zero attached hydrogens (tertiary/aromatic N) is 2. The fourth-order valence-electron chi connectivity index (χ4n) is 1.89. The molecule has 0 bridgehead atoms. The number of fused-ring (bicyclic) bond motifs is 1. The summed E-state index contributed by atoms with van der Waals surface area (Å²) in [5, 5.41) is 0. The van der Waals surface area contributed by atoms with Crippen LogP contribution in [0.3, 0.4) is 0 Å². The van der Waals surface area contributed by atoms with Gasteiger partial charge in [-0.2, -0.15) is 13.2 Å². The number of halogens is 5. The molecular weight excluding hydrogens is 354 g/mol. The molecule has 8 heteroatoms. The Balaban J connectivity index is 2.17. The molecule has 108 valence electrons. The molecular formula is C13H6BrF4N3. The number of hydrogen-bond donors (Lipinski definition) is 1. The highest BCUT2D eigenvalue weighted by molar-refractivity contribution is 9.10. The summed E-state index contributed by atoms with van der Waals surface area (Å²) in [6, 6.07) is 3.84. The van der Waals surface area contributed by atoms with E-state index in [9.17, 15) is 17.6 Å². The average Bonchev–Trinajstić information content (AvgIpc) is 2.80. The van der Waals surface area contributed by atoms with Crippen molar-refractivity contribution in [1.82, 2.24) is 15.0 Å². The Bertz CT molecular complexity index is 826. The van der Waals surface area contributed by atoms with Crippen molar-refractivity contribution in [2.24, 2.45) is 0 Å². The number of imidazole rings is 1. The van der Waals surface area contributed by atoms with Gasteiger partial charge in [0.25, 0.3) is 0 Å². The van der Waals surface area contributed by atoms with E-state index in [1.54, 1.807) is 6.07 Å². The van der Waals surface area contributed by atoms with Gasteiger partial charge in [0, 0.05) is 10.7 Å². The number of H-pyrrole nitrogens is 1. The molecule has 21 heavy (non-hydrogen) atoms. The van der Waals surface area contributed by atoms with Crippen LogP contribution in [-0.4, -0.2) is 15.0 Å². The van der Waals surface area contributed by atoms with Crippen molar-refractivity contribution >= 4 is 27.1 Å². The van der Waals surface area contributed by atoms with Crippen molar-refractivity contribution in [3.8, 4) is 11.4 Å². The molecule has 0 atom stereocenters. The summed E-state index contributed by atoms with van der Waals surface area (Å²) in [7, 11) is 0. The van der Waals surface area contributed by atoms with E-state index in [4.69, 9.17) is 0 Å². The number of aromatic nitrogens is 3. The predicted molar refractivity (Wildman–Crippen MR) is 72.0 cm³/mol. The van der Waals surface area contributed by atoms with Crippen molar-refractivity contribution in [1.29, 1.82) is 0 Å². The van der Waals surface area contributed by atoms with Gasteiger partial charge in [-0.05, 0) is 40.2 Å². The highest BCUT2D eigenvalue weighted by atomic mass is 79.9. The summed E-state index contributed by atoms with van der Waals surface area (Å²) in [5.41, 5.74) is -0.395. The van der Waals surface area contributed by atoms with Crippen LogP contribution in [0.25, 0.3) is 22.6 Å². The van der Waals surface area contributed by atoms with E-state index in [-0.39, 0.29) is 11.4 Å². The Morgan fingerprint density at radius 3 is 2.62 bits per heavy atom. The van der Waals surface area contributed by atoms with E-state index < -0.39 is 17.6 Å². The van der Waals surface area contributed by atoms with E-state index >= 15 is 0 Å². The monoisotopic (exact) mass is 359 g/mol. The number of pyridine rings is 1. The fraction of sp³-hybridized carbons (Fsp3) is 0.0769. The molecule has 0 unspecified atom stereocenters. The normalized spacial score (nSPS) is 12.0. The maximum absolute atomic E-state index is 13.8. The fourth-order valence-corrected chi connectivity index (χ4v) is 2.22. The third-order valence-corrected chi connectivity index (χ3v) is 3.29. The smallest absolute Gasteiger partial charge is 0.336 e. The van der Waals surface area contributed by atoms with Crippen LogP contribution in [0, 0.1) is 5.82 Å². The van der Waals surface area contributed by atoms with Gasteiger partial charge in [0.1, 0.15) is 11.6 Å². The van der Waals surface area contributed by atoms with Crippen molar-refractivity contribution in [2.45, 2.75) is 6.18 Å². The van der Waals surface area contributed by atoms with E-state index in [1.807, 2.05) is 0 Å². The molecule has 0 fully saturated rings. The van der Waals surface area contributed by atoms with Gasteiger partial charge in [0.05, 0.1) is 16.6 Å². The Morgan fingerprint density at radius 1 is 1.14 bits per heavy atom. The van der Waals surface area contributed by atoms with Crippen LogP contribution in [0.4, 0.5) is 17.6 Å². The first-order valence-electron chi connectivity index (χ1n) is 5.73. The Labute approximate surface area is 124 Å². The van der Waals surface area contributed by atoms with Crippen molar-refractivity contribution in [3.63, 3.8) is 0 Å². The van der Waals surface area contributed by atoms with Crippen LogP contribution in [0.5, 0.6) is 0 Å². The van der Waals surface area contributed by atoms with Crippen molar-refractivity contribution < 1.29 is 17.6 Å². The van der Waals surface area contributed by atoms with Crippen LogP contribution in [-0.2, 0) is 6.18 Å². The van der Waals surface area contributed by atoms with Gasteiger partial charge in [-0.1, -0.05) is 0 Å². The molecule has 3 nitrogen and oxygen atoms in total. The number of nitrogens with one attached hydrogen (secondary N) is 1. The average molecular weight is 360 g/mol. The topological polar surface area (TPSA) is 41.6 Å².